The molecule has 1 aliphatic rings. The number of carbonyl (C=O) groups is 3. The van der Waals surface area contributed by atoms with Gasteiger partial charge in [-0.3, -0.25) is 9.59 Å². The Morgan fingerprint density at radius 3 is 2.48 bits per heavy atom. The fraction of sp³-hybridized carbons (Fsp3) is 0.667. The Bertz CT molecular complexity index is 436. The van der Waals surface area contributed by atoms with Crippen LogP contribution in [0.1, 0.15) is 46.5 Å². The molecule has 0 bridgehead atoms. The molecule has 1 unspecified atom stereocenters. The second-order valence-corrected chi connectivity index (χ2v) is 6.17. The number of carboxylic acid groups (broad SMARTS) is 1. The third-order valence-corrected chi connectivity index (χ3v) is 3.05. The molecule has 0 aromatic heterocycles. The normalized spacial score (nSPS) is 19.7. The first kappa shape index (κ1) is 17.2. The molecule has 0 heterocycles. The van der Waals surface area contributed by atoms with E-state index in [1.54, 1.807) is 20.8 Å². The Labute approximate surface area is 124 Å². The predicted octanol–water partition coefficient (Wildman–Crippen LogP) is 1.64. The van der Waals surface area contributed by atoms with Gasteiger partial charge in [-0.25, -0.2) is 4.79 Å². The van der Waals surface area contributed by atoms with Gasteiger partial charge in [0.2, 0.25) is 5.91 Å². The lowest BCUT2D eigenvalue weighted by Crippen LogP contribution is -2.45. The van der Waals surface area contributed by atoms with Gasteiger partial charge < -0.3 is 15.2 Å². The van der Waals surface area contributed by atoms with Crippen molar-refractivity contribution in [2.45, 2.75) is 58.1 Å². The topological polar surface area (TPSA) is 92.7 Å². The number of allylic oxidation sites excluding steroid dienone is 2. The summed E-state index contributed by atoms with van der Waals surface area (Å²) in [5.41, 5.74) is -0.682. The summed E-state index contributed by atoms with van der Waals surface area (Å²) in [6, 6.07) is -1.25. The maximum atomic E-state index is 12.0. The number of hydrogen-bond donors (Lipinski definition) is 2. The number of amides is 1. The van der Waals surface area contributed by atoms with Crippen LogP contribution in [-0.2, 0) is 19.1 Å². The lowest BCUT2D eigenvalue weighted by atomic mass is 9.93. The molecule has 0 saturated heterocycles. The van der Waals surface area contributed by atoms with E-state index in [1.807, 2.05) is 12.2 Å². The molecular formula is C15H23NO5. The van der Waals surface area contributed by atoms with Gasteiger partial charge in [0.15, 0.2) is 0 Å². The molecule has 1 amide bonds. The van der Waals surface area contributed by atoms with E-state index in [2.05, 4.69) is 5.32 Å². The van der Waals surface area contributed by atoms with Crippen LogP contribution in [-0.4, -0.2) is 34.6 Å². The number of rotatable bonds is 5. The second kappa shape index (κ2) is 7.24. The lowest BCUT2D eigenvalue weighted by Gasteiger charge is -2.23. The van der Waals surface area contributed by atoms with E-state index >= 15 is 0 Å². The van der Waals surface area contributed by atoms with Gasteiger partial charge in [-0.1, -0.05) is 12.2 Å². The predicted molar refractivity (Wildman–Crippen MR) is 76.5 cm³/mol. The van der Waals surface area contributed by atoms with E-state index < -0.39 is 23.6 Å². The van der Waals surface area contributed by atoms with Gasteiger partial charge in [0.25, 0.3) is 0 Å². The van der Waals surface area contributed by atoms with Gasteiger partial charge in [-0.2, -0.15) is 0 Å². The molecule has 0 aromatic rings. The quantitative estimate of drug-likeness (QED) is 0.594. The second-order valence-electron chi connectivity index (χ2n) is 6.17. The third kappa shape index (κ3) is 6.42. The molecule has 0 fully saturated rings. The SMILES string of the molecule is CC(C)(C)OC(=O)C[C@H](NC(=O)C1CC=CCC1)C(=O)O. The highest BCUT2D eigenvalue weighted by Crippen LogP contribution is 2.18. The Kier molecular flexibility index (Phi) is 5.93. The molecule has 1 rings (SSSR count). The zero-order chi connectivity index (χ0) is 16.0. The van der Waals surface area contributed by atoms with Gasteiger partial charge in [0.1, 0.15) is 11.6 Å². The Morgan fingerprint density at radius 1 is 1.33 bits per heavy atom. The van der Waals surface area contributed by atoms with Crippen LogP contribution in [0.5, 0.6) is 0 Å². The number of carboxylic acids is 1. The van der Waals surface area contributed by atoms with Crippen LogP contribution in [0.15, 0.2) is 12.2 Å². The maximum Gasteiger partial charge on any atom is 0.326 e. The molecule has 1 aliphatic carbocycles. The first-order chi connectivity index (χ1) is 9.69. The Balaban J connectivity index is 2.57. The Morgan fingerprint density at radius 2 is 2.00 bits per heavy atom. The molecule has 0 radical (unpaired) electrons. The molecule has 0 spiro atoms. The standard InChI is InChI=1S/C15H23NO5/c1-15(2,3)21-12(17)9-11(14(19)20)16-13(18)10-7-5-4-6-8-10/h4-5,10-11H,6-9H2,1-3H3,(H,16,18)(H,19,20)/t10?,11-/m0/s1. The van der Waals surface area contributed by atoms with Crippen molar-refractivity contribution in [2.24, 2.45) is 5.92 Å². The van der Waals surface area contributed by atoms with Crippen LogP contribution in [0, 0.1) is 5.92 Å². The van der Waals surface area contributed by atoms with Gasteiger partial charge in [0, 0.05) is 5.92 Å². The first-order valence-corrected chi connectivity index (χ1v) is 7.09. The fourth-order valence-electron chi connectivity index (χ4n) is 2.07. The molecule has 6 heteroatoms. The number of nitrogens with one attached hydrogen (secondary N) is 1. The molecular weight excluding hydrogens is 274 g/mol. The zero-order valence-corrected chi connectivity index (χ0v) is 12.7. The highest BCUT2D eigenvalue weighted by molar-refractivity contribution is 5.88. The average Bonchev–Trinajstić information content (AvgIpc) is 2.36. The van der Waals surface area contributed by atoms with Gasteiger partial charge >= 0.3 is 11.9 Å². The molecule has 6 nitrogen and oxygen atoms in total. The molecule has 2 atom stereocenters. The summed E-state index contributed by atoms with van der Waals surface area (Å²) in [7, 11) is 0. The zero-order valence-electron chi connectivity index (χ0n) is 12.7. The number of aliphatic carboxylic acids is 1. The molecule has 21 heavy (non-hydrogen) atoms. The summed E-state index contributed by atoms with van der Waals surface area (Å²) in [6.45, 7) is 5.11. The van der Waals surface area contributed by atoms with Crippen LogP contribution in [0.2, 0.25) is 0 Å². The maximum absolute atomic E-state index is 12.0. The van der Waals surface area contributed by atoms with Crippen LogP contribution in [0.4, 0.5) is 0 Å². The van der Waals surface area contributed by atoms with Crippen LogP contribution in [0.3, 0.4) is 0 Å². The van der Waals surface area contributed by atoms with E-state index in [9.17, 15) is 14.4 Å². The highest BCUT2D eigenvalue weighted by atomic mass is 16.6. The van der Waals surface area contributed by atoms with E-state index in [0.717, 1.165) is 6.42 Å². The minimum Gasteiger partial charge on any atom is -0.480 e. The monoisotopic (exact) mass is 297 g/mol. The smallest absolute Gasteiger partial charge is 0.326 e. The van der Waals surface area contributed by atoms with Crippen molar-refractivity contribution in [3.63, 3.8) is 0 Å². The van der Waals surface area contributed by atoms with Crippen LogP contribution >= 0.6 is 0 Å². The van der Waals surface area contributed by atoms with Gasteiger partial charge in [-0.05, 0) is 40.0 Å². The third-order valence-electron chi connectivity index (χ3n) is 3.05. The number of ether oxygens (including phenoxy) is 1. The van der Waals surface area contributed by atoms with Crippen LogP contribution < -0.4 is 5.32 Å². The van der Waals surface area contributed by atoms with Crippen molar-refractivity contribution in [1.82, 2.24) is 5.32 Å². The summed E-state index contributed by atoms with van der Waals surface area (Å²) in [5.74, 6) is -2.43. The number of hydrogen-bond acceptors (Lipinski definition) is 4. The van der Waals surface area contributed by atoms with Crippen molar-refractivity contribution >= 4 is 17.8 Å². The van der Waals surface area contributed by atoms with E-state index in [0.29, 0.717) is 12.8 Å². The van der Waals surface area contributed by atoms with E-state index in [-0.39, 0.29) is 18.2 Å². The summed E-state index contributed by atoms with van der Waals surface area (Å²) in [6.07, 6.45) is 5.64. The van der Waals surface area contributed by atoms with Crippen molar-refractivity contribution < 1.29 is 24.2 Å². The minimum atomic E-state index is -1.25. The summed E-state index contributed by atoms with van der Waals surface area (Å²) in [4.78, 5) is 34.9. The largest absolute Gasteiger partial charge is 0.480 e. The molecule has 0 saturated carbocycles. The van der Waals surface area contributed by atoms with Crippen molar-refractivity contribution in [3.8, 4) is 0 Å². The first-order valence-electron chi connectivity index (χ1n) is 7.09. The molecule has 0 aliphatic heterocycles. The average molecular weight is 297 g/mol. The highest BCUT2D eigenvalue weighted by Gasteiger charge is 2.29. The fourth-order valence-corrected chi connectivity index (χ4v) is 2.07. The molecule has 0 aromatic carbocycles. The van der Waals surface area contributed by atoms with Crippen molar-refractivity contribution in [1.29, 1.82) is 0 Å². The molecule has 118 valence electrons. The minimum absolute atomic E-state index is 0.226. The summed E-state index contributed by atoms with van der Waals surface area (Å²) < 4.78 is 5.08. The van der Waals surface area contributed by atoms with Gasteiger partial charge in [0.05, 0.1) is 6.42 Å². The Hall–Kier alpha value is -1.85. The molecule has 2 N–H and O–H groups in total. The number of carbonyl (C=O) groups excluding carboxylic acids is 2. The van der Waals surface area contributed by atoms with E-state index in [4.69, 9.17) is 9.84 Å². The summed E-state index contributed by atoms with van der Waals surface area (Å²) >= 11 is 0. The summed E-state index contributed by atoms with van der Waals surface area (Å²) in [5, 5.41) is 11.6. The number of esters is 1. The van der Waals surface area contributed by atoms with Crippen molar-refractivity contribution in [3.05, 3.63) is 12.2 Å². The van der Waals surface area contributed by atoms with Gasteiger partial charge in [-0.15, -0.1) is 0 Å². The van der Waals surface area contributed by atoms with Crippen molar-refractivity contribution in [2.75, 3.05) is 0 Å². The lowest BCUT2D eigenvalue weighted by molar-refractivity contribution is -0.158. The van der Waals surface area contributed by atoms with E-state index in [1.165, 1.54) is 0 Å². The van der Waals surface area contributed by atoms with Crippen LogP contribution in [0.25, 0.3) is 0 Å².